The Labute approximate surface area is 142 Å². The fourth-order valence-corrected chi connectivity index (χ4v) is 3.75. The lowest BCUT2D eigenvalue weighted by Crippen LogP contribution is -2.06. The van der Waals surface area contributed by atoms with Crippen molar-refractivity contribution >= 4 is 44.8 Å². The number of aryl methyl sites for hydroxylation is 2. The maximum atomic E-state index is 12.4. The number of carbonyl (C=O) groups is 1. The van der Waals surface area contributed by atoms with Crippen LogP contribution in [0, 0.1) is 13.8 Å². The first-order valence-corrected chi connectivity index (χ1v) is 8.23. The highest BCUT2D eigenvalue weighted by atomic mass is 35.5. The molecule has 0 saturated heterocycles. The molecule has 0 amide bonds. The normalized spacial score (nSPS) is 10.9. The van der Waals surface area contributed by atoms with Crippen molar-refractivity contribution in [2.24, 2.45) is 0 Å². The largest absolute Gasteiger partial charge is 0.457 e. The van der Waals surface area contributed by atoms with Crippen LogP contribution in [0.25, 0.3) is 10.2 Å². The summed E-state index contributed by atoms with van der Waals surface area (Å²) in [5, 5.41) is 1.39. The summed E-state index contributed by atoms with van der Waals surface area (Å²) >= 11 is 7.32. The lowest BCUT2D eigenvalue weighted by atomic mass is 10.1. The highest BCUT2D eigenvalue weighted by Crippen LogP contribution is 2.35. The number of pyridine rings is 1. The van der Waals surface area contributed by atoms with Gasteiger partial charge in [0.05, 0.1) is 5.69 Å². The van der Waals surface area contributed by atoms with Crippen molar-refractivity contribution in [1.29, 1.82) is 0 Å². The van der Waals surface area contributed by atoms with Gasteiger partial charge in [-0.2, -0.15) is 0 Å². The lowest BCUT2D eigenvalue weighted by Gasteiger charge is -2.06. The van der Waals surface area contributed by atoms with Gasteiger partial charge in [0.1, 0.15) is 16.3 Å². The second-order valence-corrected chi connectivity index (χ2v) is 6.68. The van der Waals surface area contributed by atoms with Gasteiger partial charge in [0, 0.05) is 21.7 Å². The number of esters is 1. The van der Waals surface area contributed by atoms with Gasteiger partial charge in [0.2, 0.25) is 0 Å². The minimum absolute atomic E-state index is 0.109. The van der Waals surface area contributed by atoms with E-state index < -0.39 is 5.97 Å². The Bertz CT molecular complexity index is 905. The third kappa shape index (κ3) is 3.02. The van der Waals surface area contributed by atoms with Crippen LogP contribution in [-0.2, 0) is 11.3 Å². The fraction of sp³-hybridized carbons (Fsp3) is 0.176. The fourth-order valence-electron chi connectivity index (χ4n) is 2.45. The molecule has 3 rings (SSSR count). The number of nitrogens with two attached hydrogens (primary N) is 1. The molecule has 6 heteroatoms. The summed E-state index contributed by atoms with van der Waals surface area (Å²) in [5.74, 6) is -0.456. The van der Waals surface area contributed by atoms with E-state index in [4.69, 9.17) is 22.1 Å². The average molecular weight is 347 g/mol. The van der Waals surface area contributed by atoms with Crippen molar-refractivity contribution in [3.05, 3.63) is 57.1 Å². The van der Waals surface area contributed by atoms with Gasteiger partial charge in [0.25, 0.3) is 0 Å². The number of benzene rings is 1. The van der Waals surface area contributed by atoms with Crippen molar-refractivity contribution in [3.63, 3.8) is 0 Å². The summed E-state index contributed by atoms with van der Waals surface area (Å²) in [6.45, 7) is 3.98. The molecule has 2 aromatic heterocycles. The summed E-state index contributed by atoms with van der Waals surface area (Å²) in [7, 11) is 0. The molecule has 0 saturated carbocycles. The molecule has 1 aromatic carbocycles. The number of thiophene rings is 1. The van der Waals surface area contributed by atoms with Crippen molar-refractivity contribution in [1.82, 2.24) is 4.98 Å². The number of halogens is 1. The van der Waals surface area contributed by atoms with Crippen LogP contribution in [0.2, 0.25) is 5.02 Å². The predicted octanol–water partition coefficient (Wildman–Crippen LogP) is 4.51. The number of anilines is 1. The zero-order valence-corrected chi connectivity index (χ0v) is 14.3. The highest BCUT2D eigenvalue weighted by molar-refractivity contribution is 7.21. The molecule has 0 bridgehead atoms. The second-order valence-electron chi connectivity index (χ2n) is 5.27. The number of carbonyl (C=O) groups excluding carboxylic acids is 1. The smallest absolute Gasteiger partial charge is 0.350 e. The van der Waals surface area contributed by atoms with Gasteiger partial charge in [-0.25, -0.2) is 9.78 Å². The molecule has 2 N–H and O–H groups in total. The Morgan fingerprint density at radius 3 is 2.83 bits per heavy atom. The zero-order chi connectivity index (χ0) is 16.6. The number of hydrogen-bond donors (Lipinski definition) is 1. The number of nitrogens with zero attached hydrogens (tertiary/aromatic N) is 1. The average Bonchev–Trinajstić information content (AvgIpc) is 2.83. The van der Waals surface area contributed by atoms with E-state index in [2.05, 4.69) is 4.98 Å². The number of rotatable bonds is 3. The van der Waals surface area contributed by atoms with Crippen LogP contribution in [0.5, 0.6) is 0 Å². The second kappa shape index (κ2) is 6.18. The van der Waals surface area contributed by atoms with E-state index >= 15 is 0 Å². The first-order chi connectivity index (χ1) is 11.0. The quantitative estimate of drug-likeness (QED) is 0.709. The number of ether oxygens (including phenoxy) is 1. The minimum Gasteiger partial charge on any atom is -0.457 e. The van der Waals surface area contributed by atoms with Crippen LogP contribution in [0.15, 0.2) is 30.3 Å². The SMILES string of the molecule is Cc1cc(C)c2c(N)c(C(=O)OCc3ccccc3Cl)sc2n1. The molecule has 0 atom stereocenters. The van der Waals surface area contributed by atoms with Crippen molar-refractivity contribution in [3.8, 4) is 0 Å². The molecule has 0 unspecified atom stereocenters. The molecule has 0 fully saturated rings. The maximum absolute atomic E-state index is 12.4. The maximum Gasteiger partial charge on any atom is 0.350 e. The monoisotopic (exact) mass is 346 g/mol. The molecular weight excluding hydrogens is 332 g/mol. The number of aromatic nitrogens is 1. The van der Waals surface area contributed by atoms with Crippen molar-refractivity contribution in [2.45, 2.75) is 20.5 Å². The van der Waals surface area contributed by atoms with Crippen LogP contribution in [-0.4, -0.2) is 11.0 Å². The minimum atomic E-state index is -0.456. The molecule has 0 aliphatic heterocycles. The van der Waals surface area contributed by atoms with Crippen LogP contribution >= 0.6 is 22.9 Å². The molecule has 3 aromatic rings. The summed E-state index contributed by atoms with van der Waals surface area (Å²) in [6, 6.07) is 9.20. The summed E-state index contributed by atoms with van der Waals surface area (Å²) in [6.07, 6.45) is 0. The number of hydrogen-bond acceptors (Lipinski definition) is 5. The van der Waals surface area contributed by atoms with Gasteiger partial charge < -0.3 is 10.5 Å². The predicted molar refractivity (Wildman–Crippen MR) is 94.1 cm³/mol. The van der Waals surface area contributed by atoms with Crippen LogP contribution < -0.4 is 5.73 Å². The van der Waals surface area contributed by atoms with Crippen LogP contribution in [0.4, 0.5) is 5.69 Å². The van der Waals surface area contributed by atoms with Gasteiger partial charge in [-0.3, -0.25) is 0 Å². The third-order valence-corrected chi connectivity index (χ3v) is 4.97. The Morgan fingerprint density at radius 1 is 1.35 bits per heavy atom. The summed E-state index contributed by atoms with van der Waals surface area (Å²) in [4.78, 5) is 17.9. The first kappa shape index (κ1) is 15.8. The van der Waals surface area contributed by atoms with E-state index in [0.717, 1.165) is 27.0 Å². The molecule has 4 nitrogen and oxygen atoms in total. The van der Waals surface area contributed by atoms with E-state index in [1.54, 1.807) is 6.07 Å². The van der Waals surface area contributed by atoms with Gasteiger partial charge in [0.15, 0.2) is 0 Å². The molecule has 0 spiro atoms. The van der Waals surface area contributed by atoms with Crippen molar-refractivity contribution < 1.29 is 9.53 Å². The first-order valence-electron chi connectivity index (χ1n) is 7.04. The molecule has 2 heterocycles. The standard InChI is InChI=1S/C17H15ClN2O2S/c1-9-7-10(2)20-16-13(9)14(19)15(23-16)17(21)22-8-11-5-3-4-6-12(11)18/h3-7H,8,19H2,1-2H3. The molecule has 23 heavy (non-hydrogen) atoms. The molecule has 0 radical (unpaired) electrons. The van der Waals surface area contributed by atoms with Crippen molar-refractivity contribution in [2.75, 3.05) is 5.73 Å². The van der Waals surface area contributed by atoms with E-state index in [1.165, 1.54) is 11.3 Å². The topological polar surface area (TPSA) is 65.2 Å². The highest BCUT2D eigenvalue weighted by Gasteiger charge is 2.20. The zero-order valence-electron chi connectivity index (χ0n) is 12.7. The van der Waals surface area contributed by atoms with E-state index in [1.807, 2.05) is 38.1 Å². The van der Waals surface area contributed by atoms with E-state index in [0.29, 0.717) is 15.6 Å². The summed E-state index contributed by atoms with van der Waals surface area (Å²) < 4.78 is 5.35. The van der Waals surface area contributed by atoms with Crippen LogP contribution in [0.3, 0.4) is 0 Å². The van der Waals surface area contributed by atoms with Gasteiger partial charge in [-0.05, 0) is 31.5 Å². The molecule has 118 valence electrons. The van der Waals surface area contributed by atoms with Gasteiger partial charge in [-0.15, -0.1) is 11.3 Å². The van der Waals surface area contributed by atoms with Crippen LogP contribution in [0.1, 0.15) is 26.5 Å². The number of fused-ring (bicyclic) bond motifs is 1. The Morgan fingerprint density at radius 2 is 2.09 bits per heavy atom. The van der Waals surface area contributed by atoms with E-state index in [9.17, 15) is 4.79 Å². The number of nitrogen functional groups attached to an aromatic ring is 1. The Kier molecular flexibility index (Phi) is 4.24. The lowest BCUT2D eigenvalue weighted by molar-refractivity contribution is 0.0480. The summed E-state index contributed by atoms with van der Waals surface area (Å²) in [5.41, 5.74) is 9.22. The molecular formula is C17H15ClN2O2S. The van der Waals surface area contributed by atoms with E-state index in [-0.39, 0.29) is 6.61 Å². The Hall–Kier alpha value is -2.11. The third-order valence-electron chi connectivity index (χ3n) is 3.53. The Balaban J connectivity index is 1.88. The molecule has 0 aliphatic rings. The molecule has 0 aliphatic carbocycles. The van der Waals surface area contributed by atoms with Gasteiger partial charge >= 0.3 is 5.97 Å². The van der Waals surface area contributed by atoms with Gasteiger partial charge in [-0.1, -0.05) is 29.8 Å².